The predicted octanol–water partition coefficient (Wildman–Crippen LogP) is 3.65. The molecule has 138 valence electrons. The molecule has 2 rings (SSSR count). The number of fused-ring (bicyclic) bond motifs is 1. The maximum absolute atomic E-state index is 12.8. The summed E-state index contributed by atoms with van der Waals surface area (Å²) in [5, 5.41) is -0.106. The summed E-state index contributed by atoms with van der Waals surface area (Å²) in [6, 6.07) is 1.66. The van der Waals surface area contributed by atoms with Gasteiger partial charge in [0, 0.05) is 18.0 Å². The van der Waals surface area contributed by atoms with E-state index in [-0.39, 0.29) is 11.6 Å². The van der Waals surface area contributed by atoms with Crippen molar-refractivity contribution in [3.63, 3.8) is 0 Å². The fraction of sp³-hybridized carbons (Fsp3) is 0.733. The highest BCUT2D eigenvalue weighted by molar-refractivity contribution is 7.93. The van der Waals surface area contributed by atoms with Crippen molar-refractivity contribution in [1.29, 1.82) is 0 Å². The van der Waals surface area contributed by atoms with Gasteiger partial charge in [-0.3, -0.25) is 4.90 Å². The van der Waals surface area contributed by atoms with Crippen LogP contribution < -0.4 is 4.39 Å². The molecular formula is C15H26F2N2O2S2Si. The molecule has 1 aromatic rings. The Hall–Kier alpha value is -0.353. The molecule has 0 unspecified atom stereocenters. The zero-order chi connectivity index (χ0) is 18.3. The van der Waals surface area contributed by atoms with Gasteiger partial charge in [0.15, 0.2) is 0 Å². The third kappa shape index (κ3) is 4.43. The number of alkyl halides is 2. The van der Waals surface area contributed by atoms with Crippen molar-refractivity contribution in [1.82, 2.24) is 9.29 Å². The van der Waals surface area contributed by atoms with Crippen molar-refractivity contribution < 1.29 is 17.2 Å². The van der Waals surface area contributed by atoms with Crippen molar-refractivity contribution in [3.05, 3.63) is 16.5 Å². The Morgan fingerprint density at radius 1 is 1.38 bits per heavy atom. The Morgan fingerprint density at radius 3 is 2.54 bits per heavy atom. The van der Waals surface area contributed by atoms with Crippen LogP contribution in [0.3, 0.4) is 0 Å². The van der Waals surface area contributed by atoms with E-state index in [1.165, 1.54) is 11.3 Å². The van der Waals surface area contributed by atoms with Crippen molar-refractivity contribution in [3.8, 4) is 0 Å². The van der Waals surface area contributed by atoms with Gasteiger partial charge in [-0.1, -0.05) is 33.9 Å². The summed E-state index contributed by atoms with van der Waals surface area (Å²) in [5.74, 6) is 0. The first-order valence-corrected chi connectivity index (χ1v) is 13.3. The van der Waals surface area contributed by atoms with E-state index in [1.807, 2.05) is 33.9 Å². The number of thiophene rings is 1. The van der Waals surface area contributed by atoms with E-state index in [0.29, 0.717) is 23.7 Å². The van der Waals surface area contributed by atoms with Crippen LogP contribution in [0.4, 0.5) is 8.78 Å². The van der Waals surface area contributed by atoms with Crippen molar-refractivity contribution >= 4 is 29.6 Å². The zero-order valence-electron chi connectivity index (χ0n) is 14.8. The largest absolute Gasteiger partial charge is 0.293 e. The van der Waals surface area contributed by atoms with Crippen LogP contribution >= 0.6 is 11.3 Å². The van der Waals surface area contributed by atoms with Gasteiger partial charge in [0.2, 0.25) is 10.0 Å². The average Bonchev–Trinajstić information content (AvgIpc) is 2.79. The number of nitrogens with zero attached hydrogens (tertiary/aromatic N) is 1. The first-order valence-electron chi connectivity index (χ1n) is 7.98. The molecule has 4 nitrogen and oxygen atoms in total. The lowest BCUT2D eigenvalue weighted by Gasteiger charge is -2.36. The minimum atomic E-state index is -3.57. The molecule has 2 heterocycles. The van der Waals surface area contributed by atoms with Gasteiger partial charge in [-0.2, -0.15) is 0 Å². The summed E-state index contributed by atoms with van der Waals surface area (Å²) in [4.78, 5) is 2.67. The normalized spacial score (nSPS) is 17.3. The van der Waals surface area contributed by atoms with E-state index in [9.17, 15) is 17.2 Å². The zero-order valence-corrected chi connectivity index (χ0v) is 17.5. The molecule has 0 saturated carbocycles. The second-order valence-electron chi connectivity index (χ2n) is 7.87. The van der Waals surface area contributed by atoms with Gasteiger partial charge < -0.3 is 0 Å². The van der Waals surface area contributed by atoms with Gasteiger partial charge in [-0.05, 0) is 23.1 Å². The van der Waals surface area contributed by atoms with Gasteiger partial charge in [0.05, 0.1) is 6.54 Å². The van der Waals surface area contributed by atoms with Crippen LogP contribution in [0.2, 0.25) is 18.1 Å². The molecule has 1 aliphatic rings. The first kappa shape index (κ1) is 20.0. The highest BCUT2D eigenvalue weighted by Gasteiger charge is 2.40. The van der Waals surface area contributed by atoms with E-state index in [0.717, 1.165) is 10.4 Å². The number of halogens is 2. The summed E-state index contributed by atoms with van der Waals surface area (Å²) in [6.07, 6.45) is -1.74. The van der Waals surface area contributed by atoms with E-state index in [2.05, 4.69) is 4.39 Å². The van der Waals surface area contributed by atoms with Crippen LogP contribution in [0.5, 0.6) is 0 Å². The Kier molecular flexibility index (Phi) is 5.62. The Balaban J connectivity index is 2.21. The summed E-state index contributed by atoms with van der Waals surface area (Å²) in [6.45, 7) is 10.8. The van der Waals surface area contributed by atoms with Gasteiger partial charge in [0.25, 0.3) is 6.43 Å². The molecule has 0 atom stereocenters. The van der Waals surface area contributed by atoms with Crippen LogP contribution in [-0.2, 0) is 23.0 Å². The second-order valence-corrected chi connectivity index (χ2v) is 16.3. The summed E-state index contributed by atoms with van der Waals surface area (Å²) in [7, 11) is -5.78. The molecule has 0 aliphatic carbocycles. The smallest absolute Gasteiger partial charge is 0.251 e. The number of sulfonamides is 1. The molecule has 0 fully saturated rings. The second kappa shape index (κ2) is 6.75. The van der Waals surface area contributed by atoms with Crippen molar-refractivity contribution in [2.75, 3.05) is 13.1 Å². The average molecular weight is 397 g/mol. The maximum atomic E-state index is 12.8. The number of nitrogens with one attached hydrogen (secondary N) is 1. The van der Waals surface area contributed by atoms with Crippen LogP contribution in [0.25, 0.3) is 0 Å². The summed E-state index contributed by atoms with van der Waals surface area (Å²) >= 11 is 1.27. The predicted molar refractivity (Wildman–Crippen MR) is 96.8 cm³/mol. The van der Waals surface area contributed by atoms with Gasteiger partial charge >= 0.3 is 0 Å². The van der Waals surface area contributed by atoms with Crippen LogP contribution in [0.15, 0.2) is 10.3 Å². The molecule has 1 aliphatic heterocycles. The molecule has 0 amide bonds. The number of hydrogen-bond donors (Lipinski definition) is 1. The molecule has 1 N–H and O–H groups in total. The first-order chi connectivity index (χ1) is 10.8. The van der Waals surface area contributed by atoms with E-state index >= 15 is 0 Å². The standard InChI is InChI=1S/C15H26F2N2O2S2Si/c1-15(2,3)24(4,5)18-23(20,21)14-8-11-9-19(10-13(16)17)7-6-12(11)22-14/h8,13,18H,6-7,9-10H2,1-5H3. The van der Waals surface area contributed by atoms with Gasteiger partial charge in [-0.15, -0.1) is 11.3 Å². The Bertz CT molecular complexity index is 697. The third-order valence-electron chi connectivity index (χ3n) is 4.85. The molecule has 24 heavy (non-hydrogen) atoms. The number of hydrogen-bond acceptors (Lipinski definition) is 4. The lowest BCUT2D eigenvalue weighted by atomic mass is 10.1. The SMILES string of the molecule is CC(C)(C)[Si](C)(C)NS(=O)(=O)c1cc2c(s1)CCN(CC(F)F)C2. The topological polar surface area (TPSA) is 49.4 Å². The lowest BCUT2D eigenvalue weighted by Crippen LogP contribution is -2.54. The van der Waals surface area contributed by atoms with Crippen LogP contribution in [0, 0.1) is 0 Å². The summed E-state index contributed by atoms with van der Waals surface area (Å²) in [5.41, 5.74) is 0.863. The van der Waals surface area contributed by atoms with Crippen LogP contribution in [-0.4, -0.2) is 41.1 Å². The molecule has 0 saturated heterocycles. The molecule has 0 bridgehead atoms. The molecule has 0 radical (unpaired) electrons. The maximum Gasteiger partial charge on any atom is 0.251 e. The minimum absolute atomic E-state index is 0.106. The quantitative estimate of drug-likeness (QED) is 0.773. The molecular weight excluding hydrogens is 370 g/mol. The fourth-order valence-electron chi connectivity index (χ4n) is 2.39. The molecule has 1 aromatic heterocycles. The fourth-order valence-corrected chi connectivity index (χ4v) is 9.01. The van der Waals surface area contributed by atoms with E-state index in [1.54, 1.807) is 11.0 Å². The highest BCUT2D eigenvalue weighted by atomic mass is 32.2. The third-order valence-corrected chi connectivity index (χ3v) is 14.3. The van der Waals surface area contributed by atoms with Gasteiger partial charge in [-0.25, -0.2) is 21.6 Å². The molecule has 0 spiro atoms. The lowest BCUT2D eigenvalue weighted by molar-refractivity contribution is 0.0824. The van der Waals surface area contributed by atoms with E-state index < -0.39 is 24.7 Å². The number of rotatable bonds is 5. The Morgan fingerprint density at radius 2 is 2.00 bits per heavy atom. The van der Waals surface area contributed by atoms with Crippen molar-refractivity contribution in [2.45, 2.75) is 62.5 Å². The summed E-state index contributed by atoms with van der Waals surface area (Å²) < 4.78 is 53.9. The molecule has 0 aromatic carbocycles. The monoisotopic (exact) mass is 396 g/mol. The highest BCUT2D eigenvalue weighted by Crippen LogP contribution is 2.36. The van der Waals surface area contributed by atoms with Gasteiger partial charge in [0.1, 0.15) is 12.4 Å². The van der Waals surface area contributed by atoms with E-state index in [4.69, 9.17) is 0 Å². The molecule has 9 heteroatoms. The minimum Gasteiger partial charge on any atom is -0.293 e. The van der Waals surface area contributed by atoms with Crippen molar-refractivity contribution in [2.24, 2.45) is 0 Å². The van der Waals surface area contributed by atoms with Crippen LogP contribution in [0.1, 0.15) is 31.2 Å². The Labute approximate surface area is 148 Å².